The lowest BCUT2D eigenvalue weighted by Crippen LogP contribution is -2.28. The van der Waals surface area contributed by atoms with Gasteiger partial charge in [0.1, 0.15) is 0 Å². The van der Waals surface area contributed by atoms with Gasteiger partial charge in [0.25, 0.3) is 5.56 Å². The Morgan fingerprint density at radius 2 is 2.29 bits per heavy atom. The minimum absolute atomic E-state index is 0.0350. The van der Waals surface area contributed by atoms with Crippen LogP contribution in [0.15, 0.2) is 41.3 Å². The molecule has 1 rings (SSSR count). The fourth-order valence-electron chi connectivity index (χ4n) is 1.36. The highest BCUT2D eigenvalue weighted by Crippen LogP contribution is 1.86. The lowest BCUT2D eigenvalue weighted by molar-refractivity contribution is 0.158. The van der Waals surface area contributed by atoms with Crippen molar-refractivity contribution in [2.75, 3.05) is 26.3 Å². The Bertz CT molecular complexity index is 398. The van der Waals surface area contributed by atoms with Crippen LogP contribution in [0, 0.1) is 0 Å². The van der Waals surface area contributed by atoms with Gasteiger partial charge in [-0.05, 0) is 13.0 Å². The number of hydrogen-bond donors (Lipinski definition) is 1. The summed E-state index contributed by atoms with van der Waals surface area (Å²) in [5.41, 5.74) is 1.06. The molecule has 0 amide bonds. The highest BCUT2D eigenvalue weighted by molar-refractivity contribution is 4.93. The van der Waals surface area contributed by atoms with Crippen molar-refractivity contribution in [1.82, 2.24) is 9.88 Å². The monoisotopic (exact) mass is 236 g/mol. The SMILES string of the molecule is C=C(C)COCCNCCn1ccccc1=O. The second-order valence-electron chi connectivity index (χ2n) is 3.99. The Morgan fingerprint density at radius 3 is 3.00 bits per heavy atom. The lowest BCUT2D eigenvalue weighted by atomic mass is 10.4. The fraction of sp³-hybridized carbons (Fsp3) is 0.462. The van der Waals surface area contributed by atoms with Crippen LogP contribution in [0.1, 0.15) is 6.92 Å². The zero-order valence-electron chi connectivity index (χ0n) is 10.3. The quantitative estimate of drug-likeness (QED) is 0.541. The van der Waals surface area contributed by atoms with Gasteiger partial charge < -0.3 is 14.6 Å². The summed E-state index contributed by atoms with van der Waals surface area (Å²) in [6.45, 7) is 9.20. The van der Waals surface area contributed by atoms with Gasteiger partial charge in [0.2, 0.25) is 0 Å². The van der Waals surface area contributed by atoms with Crippen LogP contribution in [-0.2, 0) is 11.3 Å². The third kappa shape index (κ3) is 6.04. The number of nitrogens with zero attached hydrogens (tertiary/aromatic N) is 1. The number of rotatable bonds is 8. The van der Waals surface area contributed by atoms with E-state index in [1.54, 1.807) is 22.9 Å². The Hall–Kier alpha value is -1.39. The minimum atomic E-state index is 0.0350. The zero-order chi connectivity index (χ0) is 12.5. The van der Waals surface area contributed by atoms with Crippen LogP contribution in [0.5, 0.6) is 0 Å². The first-order valence-electron chi connectivity index (χ1n) is 5.78. The van der Waals surface area contributed by atoms with Crippen LogP contribution < -0.4 is 10.9 Å². The number of nitrogens with one attached hydrogen (secondary N) is 1. The molecule has 4 heteroatoms. The fourth-order valence-corrected chi connectivity index (χ4v) is 1.36. The van der Waals surface area contributed by atoms with Crippen LogP contribution in [0.25, 0.3) is 0 Å². The van der Waals surface area contributed by atoms with Crippen molar-refractivity contribution >= 4 is 0 Å². The normalized spacial score (nSPS) is 10.4. The summed E-state index contributed by atoms with van der Waals surface area (Å²) in [4.78, 5) is 11.4. The summed E-state index contributed by atoms with van der Waals surface area (Å²) in [6.07, 6.45) is 1.79. The van der Waals surface area contributed by atoms with Crippen LogP contribution in [-0.4, -0.2) is 30.9 Å². The van der Waals surface area contributed by atoms with Gasteiger partial charge in [0.15, 0.2) is 0 Å². The van der Waals surface area contributed by atoms with Gasteiger partial charge in [-0.2, -0.15) is 0 Å². The molecule has 0 atom stereocenters. The van der Waals surface area contributed by atoms with Gasteiger partial charge >= 0.3 is 0 Å². The van der Waals surface area contributed by atoms with Gasteiger partial charge in [0, 0.05) is 31.9 Å². The minimum Gasteiger partial charge on any atom is -0.376 e. The Kier molecular flexibility index (Phi) is 6.29. The molecule has 4 nitrogen and oxygen atoms in total. The highest BCUT2D eigenvalue weighted by atomic mass is 16.5. The summed E-state index contributed by atoms with van der Waals surface area (Å²) >= 11 is 0. The topological polar surface area (TPSA) is 43.3 Å². The molecule has 0 aliphatic heterocycles. The molecule has 0 aliphatic rings. The molecule has 94 valence electrons. The highest BCUT2D eigenvalue weighted by Gasteiger charge is 1.93. The second-order valence-corrected chi connectivity index (χ2v) is 3.99. The number of hydrogen-bond acceptors (Lipinski definition) is 3. The molecule has 0 radical (unpaired) electrons. The van der Waals surface area contributed by atoms with E-state index in [0.29, 0.717) is 19.8 Å². The molecule has 0 aliphatic carbocycles. The third-order valence-corrected chi connectivity index (χ3v) is 2.20. The molecule has 0 saturated heterocycles. The van der Waals surface area contributed by atoms with Gasteiger partial charge in [-0.15, -0.1) is 0 Å². The first-order valence-corrected chi connectivity index (χ1v) is 5.78. The van der Waals surface area contributed by atoms with E-state index in [0.717, 1.165) is 18.7 Å². The van der Waals surface area contributed by atoms with Crippen molar-refractivity contribution in [2.45, 2.75) is 13.5 Å². The Balaban J connectivity index is 2.07. The lowest BCUT2D eigenvalue weighted by Gasteiger charge is -2.07. The Morgan fingerprint density at radius 1 is 1.47 bits per heavy atom. The Labute approximate surface area is 102 Å². The predicted molar refractivity (Wildman–Crippen MR) is 69.2 cm³/mol. The van der Waals surface area contributed by atoms with E-state index in [-0.39, 0.29) is 5.56 Å². The van der Waals surface area contributed by atoms with Crippen molar-refractivity contribution in [3.8, 4) is 0 Å². The molecule has 1 aromatic heterocycles. The summed E-state index contributed by atoms with van der Waals surface area (Å²) in [5, 5.41) is 3.22. The van der Waals surface area contributed by atoms with Gasteiger partial charge in [-0.3, -0.25) is 4.79 Å². The molecule has 0 saturated carbocycles. The molecule has 17 heavy (non-hydrogen) atoms. The largest absolute Gasteiger partial charge is 0.376 e. The van der Waals surface area contributed by atoms with E-state index in [9.17, 15) is 4.79 Å². The van der Waals surface area contributed by atoms with Crippen LogP contribution >= 0.6 is 0 Å². The first-order chi connectivity index (χ1) is 8.20. The maximum absolute atomic E-state index is 11.4. The van der Waals surface area contributed by atoms with E-state index >= 15 is 0 Å². The van der Waals surface area contributed by atoms with Gasteiger partial charge in [-0.25, -0.2) is 0 Å². The maximum atomic E-state index is 11.4. The molecular weight excluding hydrogens is 216 g/mol. The first kappa shape index (κ1) is 13.7. The molecule has 0 unspecified atom stereocenters. The van der Waals surface area contributed by atoms with Crippen molar-refractivity contribution in [3.05, 3.63) is 46.9 Å². The van der Waals surface area contributed by atoms with E-state index in [1.165, 1.54) is 0 Å². The van der Waals surface area contributed by atoms with E-state index in [2.05, 4.69) is 11.9 Å². The van der Waals surface area contributed by atoms with Crippen molar-refractivity contribution in [2.24, 2.45) is 0 Å². The van der Waals surface area contributed by atoms with E-state index < -0.39 is 0 Å². The number of ether oxygens (including phenoxy) is 1. The third-order valence-electron chi connectivity index (χ3n) is 2.20. The zero-order valence-corrected chi connectivity index (χ0v) is 10.3. The van der Waals surface area contributed by atoms with Crippen molar-refractivity contribution in [1.29, 1.82) is 0 Å². The summed E-state index contributed by atoms with van der Waals surface area (Å²) < 4.78 is 7.02. The van der Waals surface area contributed by atoms with Gasteiger partial charge in [0.05, 0.1) is 13.2 Å². The molecule has 0 aromatic carbocycles. The molecule has 1 heterocycles. The number of pyridine rings is 1. The van der Waals surface area contributed by atoms with Crippen molar-refractivity contribution < 1.29 is 4.74 Å². The van der Waals surface area contributed by atoms with Crippen LogP contribution in [0.4, 0.5) is 0 Å². The van der Waals surface area contributed by atoms with Crippen LogP contribution in [0.2, 0.25) is 0 Å². The maximum Gasteiger partial charge on any atom is 0.250 e. The molecule has 0 fully saturated rings. The van der Waals surface area contributed by atoms with Crippen LogP contribution in [0.3, 0.4) is 0 Å². The molecule has 1 N–H and O–H groups in total. The number of aromatic nitrogens is 1. The van der Waals surface area contributed by atoms with Crippen molar-refractivity contribution in [3.63, 3.8) is 0 Å². The standard InChI is InChI=1S/C13H20N2O2/c1-12(2)11-17-10-7-14-6-9-15-8-4-3-5-13(15)16/h3-5,8,14H,1,6-7,9-11H2,2H3. The smallest absolute Gasteiger partial charge is 0.250 e. The molecular formula is C13H20N2O2. The molecule has 0 bridgehead atoms. The second kappa shape index (κ2) is 7.81. The summed E-state index contributed by atoms with van der Waals surface area (Å²) in [7, 11) is 0. The average molecular weight is 236 g/mol. The van der Waals surface area contributed by atoms with Gasteiger partial charge in [-0.1, -0.05) is 18.2 Å². The molecule has 1 aromatic rings. The molecule has 0 spiro atoms. The summed E-state index contributed by atoms with van der Waals surface area (Å²) in [5.74, 6) is 0. The van der Waals surface area contributed by atoms with E-state index in [4.69, 9.17) is 4.74 Å². The summed E-state index contributed by atoms with van der Waals surface area (Å²) in [6, 6.07) is 5.17. The average Bonchev–Trinajstić information content (AvgIpc) is 2.30. The predicted octanol–water partition coefficient (Wildman–Crippen LogP) is 1.03. The van der Waals surface area contributed by atoms with E-state index in [1.807, 2.05) is 13.0 Å².